The summed E-state index contributed by atoms with van der Waals surface area (Å²) in [4.78, 5) is 13.1. The van der Waals surface area contributed by atoms with E-state index in [-0.39, 0.29) is 0 Å². The van der Waals surface area contributed by atoms with Crippen LogP contribution in [0.25, 0.3) is 0 Å². The van der Waals surface area contributed by atoms with Crippen LogP contribution in [0.2, 0.25) is 0 Å². The van der Waals surface area contributed by atoms with E-state index in [9.17, 15) is 4.79 Å². The zero-order valence-electron chi connectivity index (χ0n) is 21.9. The lowest BCUT2D eigenvalue weighted by Gasteiger charge is -2.38. The Labute approximate surface area is 246 Å². The van der Waals surface area contributed by atoms with Gasteiger partial charge >= 0.3 is 5.97 Å². The molecule has 4 aromatic rings. The number of rotatable bonds is 5. The minimum absolute atomic E-state index is 0.295. The van der Waals surface area contributed by atoms with Gasteiger partial charge in [-0.15, -0.1) is 0 Å². The number of benzene rings is 4. The molecule has 0 fully saturated rings. The van der Waals surface area contributed by atoms with Crippen molar-refractivity contribution in [1.82, 2.24) is 0 Å². The highest BCUT2D eigenvalue weighted by molar-refractivity contribution is 9.10. The van der Waals surface area contributed by atoms with Crippen molar-refractivity contribution in [3.05, 3.63) is 135 Å². The number of ether oxygens (including phenoxy) is 1. The molecule has 39 heavy (non-hydrogen) atoms. The molecule has 7 heteroatoms. The zero-order chi connectivity index (χ0) is 27.2. The number of carbonyl (C=O) groups excluding carboxylic acids is 1. The highest BCUT2D eigenvalue weighted by Crippen LogP contribution is 2.71. The summed E-state index contributed by atoms with van der Waals surface area (Å²) < 4.78 is 5.15. The smallest absolute Gasteiger partial charge is 0.365 e. The second kappa shape index (κ2) is 10.2. The molecule has 6 rings (SSSR count). The van der Waals surface area contributed by atoms with Gasteiger partial charge < -0.3 is 4.74 Å². The minimum Gasteiger partial charge on any atom is -0.461 e. The van der Waals surface area contributed by atoms with E-state index < -0.39 is 14.9 Å². The summed E-state index contributed by atoms with van der Waals surface area (Å²) in [6, 6.07) is 33.9. The first kappa shape index (κ1) is 26.2. The second-order valence-electron chi connectivity index (χ2n) is 9.56. The van der Waals surface area contributed by atoms with Crippen LogP contribution in [0.5, 0.6) is 0 Å². The fraction of sp³-hybridized carbons (Fsp3) is 0.188. The molecule has 0 aromatic heterocycles. The Balaban J connectivity index is 1.66. The van der Waals surface area contributed by atoms with E-state index in [1.807, 2.05) is 48.0 Å². The zero-order valence-corrected chi connectivity index (χ0v) is 25.1. The number of aryl methyl sites for hydroxylation is 2. The molecule has 0 N–H and O–H groups in total. The first-order valence-electron chi connectivity index (χ1n) is 12.8. The van der Waals surface area contributed by atoms with Gasteiger partial charge in [0.15, 0.2) is 4.20 Å². The Morgan fingerprint density at radius 3 is 1.92 bits per heavy atom. The van der Waals surface area contributed by atoms with E-state index in [0.29, 0.717) is 11.7 Å². The maximum Gasteiger partial charge on any atom is 0.365 e. The Morgan fingerprint density at radius 2 is 1.36 bits per heavy atom. The van der Waals surface area contributed by atoms with Crippen molar-refractivity contribution < 1.29 is 9.53 Å². The molecule has 1 atom stereocenters. The van der Waals surface area contributed by atoms with Crippen molar-refractivity contribution in [2.75, 3.05) is 11.6 Å². The number of halogens is 1. The second-order valence-corrected chi connectivity index (χ2v) is 13.3. The van der Waals surface area contributed by atoms with Crippen molar-refractivity contribution in [3.63, 3.8) is 0 Å². The number of fused-ring (bicyclic) bond motifs is 2. The first-order chi connectivity index (χ1) is 18.9. The topological polar surface area (TPSA) is 41.9 Å². The number of hydrogen-bond donors (Lipinski definition) is 0. The van der Waals surface area contributed by atoms with Gasteiger partial charge in [-0.2, -0.15) is 5.10 Å². The predicted octanol–water partition coefficient (Wildman–Crippen LogP) is 8.34. The highest BCUT2D eigenvalue weighted by atomic mass is 79.9. The molecular formula is C32H27BrN2O2S2. The van der Waals surface area contributed by atoms with Gasteiger partial charge in [-0.25, -0.2) is 9.80 Å². The number of carbonyl (C=O) groups is 1. The molecule has 4 aromatic carbocycles. The summed E-state index contributed by atoms with van der Waals surface area (Å²) in [5.41, 5.74) is 8.11. The Hall–Kier alpha value is -3.00. The molecule has 2 aliphatic heterocycles. The SMILES string of the molecule is CCOC(=O)C1=NN(c2ccc(Br)cc2)[C@]2(S1)SC(c1ccccc1C)(c1ccccc1C)c1ccccc12. The summed E-state index contributed by atoms with van der Waals surface area (Å²) in [5.74, 6) is -0.399. The van der Waals surface area contributed by atoms with E-state index in [2.05, 4.69) is 103 Å². The van der Waals surface area contributed by atoms with E-state index in [1.54, 1.807) is 0 Å². The van der Waals surface area contributed by atoms with Gasteiger partial charge in [0.25, 0.3) is 0 Å². The van der Waals surface area contributed by atoms with Crippen LogP contribution in [-0.2, 0) is 18.5 Å². The molecule has 0 aliphatic carbocycles. The number of anilines is 1. The van der Waals surface area contributed by atoms with Crippen LogP contribution in [-0.4, -0.2) is 17.6 Å². The molecular weight excluding hydrogens is 588 g/mol. The van der Waals surface area contributed by atoms with Crippen molar-refractivity contribution in [3.8, 4) is 0 Å². The molecule has 0 amide bonds. The lowest BCUT2D eigenvalue weighted by Crippen LogP contribution is -2.34. The van der Waals surface area contributed by atoms with E-state index in [1.165, 1.54) is 39.6 Å². The van der Waals surface area contributed by atoms with Crippen LogP contribution in [0, 0.1) is 13.8 Å². The Kier molecular flexibility index (Phi) is 6.86. The maximum absolute atomic E-state index is 13.1. The van der Waals surface area contributed by atoms with Gasteiger partial charge in [0.2, 0.25) is 5.04 Å². The third-order valence-corrected chi connectivity index (χ3v) is 11.0. The number of esters is 1. The summed E-state index contributed by atoms with van der Waals surface area (Å²) in [6.07, 6.45) is 0. The molecule has 0 saturated carbocycles. The van der Waals surface area contributed by atoms with Gasteiger partial charge in [-0.3, -0.25) is 0 Å². The van der Waals surface area contributed by atoms with Crippen LogP contribution in [0.1, 0.15) is 40.3 Å². The van der Waals surface area contributed by atoms with Gasteiger partial charge in [0, 0.05) is 10.0 Å². The molecule has 0 bridgehead atoms. The van der Waals surface area contributed by atoms with Gasteiger partial charge in [-0.1, -0.05) is 112 Å². The van der Waals surface area contributed by atoms with Crippen LogP contribution in [0.3, 0.4) is 0 Å². The van der Waals surface area contributed by atoms with Crippen LogP contribution in [0.15, 0.2) is 107 Å². The normalized spacial score (nSPS) is 19.2. The summed E-state index contributed by atoms with van der Waals surface area (Å²) >= 11 is 6.87. The van der Waals surface area contributed by atoms with Crippen LogP contribution >= 0.6 is 39.5 Å². The average molecular weight is 616 g/mol. The summed E-state index contributed by atoms with van der Waals surface area (Å²) in [7, 11) is 0. The molecule has 0 saturated heterocycles. The standard InChI is InChI=1S/C32H27BrN2O2S2/c1-4-37-30(36)29-34-35(24-19-17-23(33)18-20-24)32(38-29)28-16-10-9-15-27(28)31(39-32,25-13-7-5-11-21(25)2)26-14-8-6-12-22(26)3/h5-20H,4H2,1-3H3/t32-/m1/s1. The maximum atomic E-state index is 13.1. The van der Waals surface area contributed by atoms with Crippen molar-refractivity contribution in [2.24, 2.45) is 5.10 Å². The van der Waals surface area contributed by atoms with Gasteiger partial charge in [-0.05, 0) is 72.9 Å². The minimum atomic E-state index is -0.739. The molecule has 2 heterocycles. The average Bonchev–Trinajstić information content (AvgIpc) is 3.47. The first-order valence-corrected chi connectivity index (χ1v) is 15.3. The summed E-state index contributed by atoms with van der Waals surface area (Å²) in [6.45, 7) is 6.47. The van der Waals surface area contributed by atoms with Crippen molar-refractivity contribution in [2.45, 2.75) is 29.7 Å². The van der Waals surface area contributed by atoms with Gasteiger partial charge in [0.05, 0.1) is 17.0 Å². The molecule has 0 radical (unpaired) electrons. The molecule has 196 valence electrons. The van der Waals surface area contributed by atoms with E-state index in [0.717, 1.165) is 15.7 Å². The van der Waals surface area contributed by atoms with Crippen LogP contribution in [0.4, 0.5) is 5.69 Å². The monoisotopic (exact) mass is 614 g/mol. The predicted molar refractivity (Wildman–Crippen MR) is 166 cm³/mol. The highest BCUT2D eigenvalue weighted by Gasteiger charge is 2.62. The third kappa shape index (κ3) is 4.14. The Morgan fingerprint density at radius 1 is 0.821 bits per heavy atom. The number of nitrogens with zero attached hydrogens (tertiary/aromatic N) is 2. The Bertz CT molecular complexity index is 1560. The third-order valence-electron chi connectivity index (χ3n) is 7.21. The van der Waals surface area contributed by atoms with Crippen molar-refractivity contribution >= 4 is 56.2 Å². The van der Waals surface area contributed by atoms with E-state index in [4.69, 9.17) is 9.84 Å². The lowest BCUT2D eigenvalue weighted by atomic mass is 9.79. The molecule has 4 nitrogen and oxygen atoms in total. The molecule has 2 aliphatic rings. The molecule has 0 unspecified atom stereocenters. The number of hydrazone groups is 1. The lowest BCUT2D eigenvalue weighted by molar-refractivity contribution is -0.134. The van der Waals surface area contributed by atoms with Crippen molar-refractivity contribution in [1.29, 1.82) is 0 Å². The largest absolute Gasteiger partial charge is 0.461 e. The summed E-state index contributed by atoms with van der Waals surface area (Å²) in [5, 5.41) is 7.31. The number of hydrogen-bond acceptors (Lipinski definition) is 6. The van der Waals surface area contributed by atoms with Crippen LogP contribution < -0.4 is 5.01 Å². The fourth-order valence-electron chi connectivity index (χ4n) is 5.53. The fourth-order valence-corrected chi connectivity index (χ4v) is 9.53. The number of thioether (sulfide) groups is 2. The quantitative estimate of drug-likeness (QED) is 0.211. The van der Waals surface area contributed by atoms with E-state index >= 15 is 0 Å². The molecule has 1 spiro atoms. The van der Waals surface area contributed by atoms with Gasteiger partial charge in [0.1, 0.15) is 0 Å².